The van der Waals surface area contributed by atoms with E-state index in [9.17, 15) is 9.59 Å². The molecule has 4 nitrogen and oxygen atoms in total. The molecule has 1 heterocycles. The molecule has 0 fully saturated rings. The highest BCUT2D eigenvalue weighted by atomic mass is 35.5. The first-order valence-corrected chi connectivity index (χ1v) is 3.76. The Bertz CT molecular complexity index is 351. The Morgan fingerprint density at radius 2 is 2.38 bits per heavy atom. The van der Waals surface area contributed by atoms with E-state index in [-0.39, 0.29) is 16.3 Å². The SMILES string of the molecule is COC(=O)c1cc(Cl)ncc1C=O. The highest BCUT2D eigenvalue weighted by Gasteiger charge is 2.12. The van der Waals surface area contributed by atoms with E-state index in [1.54, 1.807) is 0 Å². The van der Waals surface area contributed by atoms with Crippen LogP contribution in [0.2, 0.25) is 5.15 Å². The standard InChI is InChI=1S/C8H6ClNO3/c1-13-8(12)6-2-7(9)10-3-5(6)4-11/h2-4H,1H3. The third-order valence-electron chi connectivity index (χ3n) is 1.43. The van der Waals surface area contributed by atoms with Crippen LogP contribution < -0.4 is 0 Å². The molecular formula is C8H6ClNO3. The molecule has 0 saturated carbocycles. The van der Waals surface area contributed by atoms with Gasteiger partial charge >= 0.3 is 5.97 Å². The molecular weight excluding hydrogens is 194 g/mol. The largest absolute Gasteiger partial charge is 0.465 e. The van der Waals surface area contributed by atoms with Gasteiger partial charge in [-0.05, 0) is 6.07 Å². The zero-order valence-electron chi connectivity index (χ0n) is 6.78. The van der Waals surface area contributed by atoms with Crippen molar-refractivity contribution < 1.29 is 14.3 Å². The Labute approximate surface area is 79.5 Å². The second-order valence-electron chi connectivity index (χ2n) is 2.20. The van der Waals surface area contributed by atoms with Crippen LogP contribution in [0, 0.1) is 0 Å². The van der Waals surface area contributed by atoms with Crippen molar-refractivity contribution in [3.8, 4) is 0 Å². The Hall–Kier alpha value is -1.42. The van der Waals surface area contributed by atoms with Crippen molar-refractivity contribution in [1.82, 2.24) is 4.98 Å². The fourth-order valence-electron chi connectivity index (χ4n) is 0.821. The third-order valence-corrected chi connectivity index (χ3v) is 1.64. The summed E-state index contributed by atoms with van der Waals surface area (Å²) in [4.78, 5) is 25.2. The summed E-state index contributed by atoms with van der Waals surface area (Å²) in [5, 5.41) is 0.144. The van der Waals surface area contributed by atoms with Crippen molar-refractivity contribution in [2.45, 2.75) is 0 Å². The van der Waals surface area contributed by atoms with Gasteiger partial charge in [0.05, 0.1) is 12.7 Å². The molecule has 0 aliphatic heterocycles. The lowest BCUT2D eigenvalue weighted by atomic mass is 10.1. The van der Waals surface area contributed by atoms with Crippen LogP contribution >= 0.6 is 11.6 Å². The summed E-state index contributed by atoms with van der Waals surface area (Å²) in [6.45, 7) is 0. The van der Waals surface area contributed by atoms with Crippen molar-refractivity contribution in [3.05, 3.63) is 28.5 Å². The van der Waals surface area contributed by atoms with Crippen LogP contribution in [0.25, 0.3) is 0 Å². The van der Waals surface area contributed by atoms with E-state index in [0.29, 0.717) is 6.29 Å². The Kier molecular flexibility index (Phi) is 2.97. The number of ether oxygens (including phenoxy) is 1. The van der Waals surface area contributed by atoms with Crippen molar-refractivity contribution in [2.24, 2.45) is 0 Å². The number of hydrogen-bond acceptors (Lipinski definition) is 4. The summed E-state index contributed by atoms with van der Waals surface area (Å²) < 4.78 is 4.45. The second kappa shape index (κ2) is 4.00. The molecule has 1 aromatic heterocycles. The van der Waals surface area contributed by atoms with E-state index in [0.717, 1.165) is 0 Å². The van der Waals surface area contributed by atoms with Crippen LogP contribution in [-0.2, 0) is 4.74 Å². The molecule has 0 aliphatic carbocycles. The van der Waals surface area contributed by atoms with E-state index in [1.807, 2.05) is 0 Å². The van der Waals surface area contributed by atoms with E-state index in [1.165, 1.54) is 19.4 Å². The van der Waals surface area contributed by atoms with Crippen LogP contribution in [0.5, 0.6) is 0 Å². The van der Waals surface area contributed by atoms with Gasteiger partial charge in [-0.1, -0.05) is 11.6 Å². The van der Waals surface area contributed by atoms with Crippen molar-refractivity contribution in [2.75, 3.05) is 7.11 Å². The number of rotatable bonds is 2. The maximum atomic E-state index is 11.1. The van der Waals surface area contributed by atoms with Gasteiger partial charge in [0.15, 0.2) is 6.29 Å². The summed E-state index contributed by atoms with van der Waals surface area (Å²) in [5.74, 6) is -0.605. The highest BCUT2D eigenvalue weighted by molar-refractivity contribution is 6.29. The number of pyridine rings is 1. The van der Waals surface area contributed by atoms with Crippen molar-refractivity contribution in [3.63, 3.8) is 0 Å². The molecule has 0 radical (unpaired) electrons. The predicted octanol–water partition coefficient (Wildman–Crippen LogP) is 1.33. The van der Waals surface area contributed by atoms with Crippen LogP contribution in [0.3, 0.4) is 0 Å². The molecule has 0 aliphatic rings. The first kappa shape index (κ1) is 9.67. The minimum Gasteiger partial charge on any atom is -0.465 e. The molecule has 0 saturated heterocycles. The lowest BCUT2D eigenvalue weighted by molar-refractivity contribution is 0.0598. The molecule has 0 spiro atoms. The number of aldehydes is 1. The van der Waals surface area contributed by atoms with Gasteiger partial charge in [-0.3, -0.25) is 4.79 Å². The van der Waals surface area contributed by atoms with Gasteiger partial charge in [-0.25, -0.2) is 9.78 Å². The number of methoxy groups -OCH3 is 1. The second-order valence-corrected chi connectivity index (χ2v) is 2.59. The van der Waals surface area contributed by atoms with Gasteiger partial charge in [0.2, 0.25) is 0 Å². The molecule has 0 atom stereocenters. The first-order valence-electron chi connectivity index (χ1n) is 3.38. The first-order chi connectivity index (χ1) is 6.19. The predicted molar refractivity (Wildman–Crippen MR) is 46.0 cm³/mol. The third kappa shape index (κ3) is 2.03. The highest BCUT2D eigenvalue weighted by Crippen LogP contribution is 2.12. The van der Waals surface area contributed by atoms with E-state index >= 15 is 0 Å². The summed E-state index contributed by atoms with van der Waals surface area (Å²) in [7, 11) is 1.23. The van der Waals surface area contributed by atoms with Crippen LogP contribution in [-0.4, -0.2) is 24.3 Å². The quantitative estimate of drug-likeness (QED) is 0.410. The van der Waals surface area contributed by atoms with Crippen LogP contribution in [0.4, 0.5) is 0 Å². The van der Waals surface area contributed by atoms with Gasteiger partial charge in [0, 0.05) is 11.8 Å². The lowest BCUT2D eigenvalue weighted by Gasteiger charge is -2.01. The van der Waals surface area contributed by atoms with E-state index in [4.69, 9.17) is 11.6 Å². The molecule has 13 heavy (non-hydrogen) atoms. The molecule has 68 valence electrons. The van der Waals surface area contributed by atoms with Gasteiger partial charge < -0.3 is 4.74 Å². The van der Waals surface area contributed by atoms with Gasteiger partial charge in [0.25, 0.3) is 0 Å². The molecule has 0 bridgehead atoms. The number of nitrogens with zero attached hydrogens (tertiary/aromatic N) is 1. The molecule has 0 unspecified atom stereocenters. The number of aromatic nitrogens is 1. The molecule has 1 aromatic rings. The minimum atomic E-state index is -0.605. The Balaban J connectivity index is 3.23. The van der Waals surface area contributed by atoms with Crippen molar-refractivity contribution >= 4 is 23.9 Å². The number of hydrogen-bond donors (Lipinski definition) is 0. The average molecular weight is 200 g/mol. The van der Waals surface area contributed by atoms with E-state index in [2.05, 4.69) is 9.72 Å². The molecule has 0 amide bonds. The monoisotopic (exact) mass is 199 g/mol. The topological polar surface area (TPSA) is 56.3 Å². The number of carbonyl (C=O) groups is 2. The minimum absolute atomic E-state index is 0.123. The Morgan fingerprint density at radius 1 is 1.69 bits per heavy atom. The summed E-state index contributed by atoms with van der Waals surface area (Å²) in [5.41, 5.74) is 0.286. The Morgan fingerprint density at radius 3 is 2.92 bits per heavy atom. The number of carbonyl (C=O) groups excluding carboxylic acids is 2. The lowest BCUT2D eigenvalue weighted by Crippen LogP contribution is -2.05. The summed E-state index contributed by atoms with van der Waals surface area (Å²) in [6, 6.07) is 1.29. The summed E-state index contributed by atoms with van der Waals surface area (Å²) >= 11 is 5.54. The van der Waals surface area contributed by atoms with Gasteiger partial charge in [0.1, 0.15) is 5.15 Å². The average Bonchev–Trinajstić information content (AvgIpc) is 2.16. The fourth-order valence-corrected chi connectivity index (χ4v) is 0.979. The van der Waals surface area contributed by atoms with Crippen LogP contribution in [0.1, 0.15) is 20.7 Å². The van der Waals surface area contributed by atoms with Crippen LogP contribution in [0.15, 0.2) is 12.3 Å². The summed E-state index contributed by atoms with van der Waals surface area (Å²) in [6.07, 6.45) is 1.75. The van der Waals surface area contributed by atoms with Gasteiger partial charge in [-0.15, -0.1) is 0 Å². The molecule has 0 aromatic carbocycles. The molecule has 0 N–H and O–H groups in total. The zero-order valence-corrected chi connectivity index (χ0v) is 7.54. The smallest absolute Gasteiger partial charge is 0.338 e. The van der Waals surface area contributed by atoms with Gasteiger partial charge in [-0.2, -0.15) is 0 Å². The number of esters is 1. The zero-order chi connectivity index (χ0) is 9.84. The van der Waals surface area contributed by atoms with E-state index < -0.39 is 5.97 Å². The fraction of sp³-hybridized carbons (Fsp3) is 0.125. The normalized spacial score (nSPS) is 9.38. The maximum Gasteiger partial charge on any atom is 0.338 e. The van der Waals surface area contributed by atoms with Crippen molar-refractivity contribution in [1.29, 1.82) is 0 Å². The molecule has 1 rings (SSSR count). The maximum absolute atomic E-state index is 11.1. The molecule has 5 heteroatoms. The number of halogens is 1.